The van der Waals surface area contributed by atoms with Gasteiger partial charge in [-0.2, -0.15) is 0 Å². The van der Waals surface area contributed by atoms with E-state index in [1.165, 1.54) is 0 Å². The second kappa shape index (κ2) is 5.01. The summed E-state index contributed by atoms with van der Waals surface area (Å²) < 4.78 is 0. The number of amides is 1. The number of fused-ring (bicyclic) bond motifs is 2. The zero-order chi connectivity index (χ0) is 14.3. The van der Waals surface area contributed by atoms with Crippen molar-refractivity contribution < 1.29 is 4.79 Å². The largest absolute Gasteiger partial charge is 0.355 e. The van der Waals surface area contributed by atoms with E-state index in [1.807, 2.05) is 6.92 Å². The molecule has 0 unspecified atom stereocenters. The molecule has 2 aliphatic heterocycles. The summed E-state index contributed by atoms with van der Waals surface area (Å²) in [5.41, 5.74) is 2.53. The van der Waals surface area contributed by atoms with Gasteiger partial charge in [0.1, 0.15) is 5.15 Å². The molecule has 20 heavy (non-hydrogen) atoms. The summed E-state index contributed by atoms with van der Waals surface area (Å²) in [7, 11) is 2.09. The van der Waals surface area contributed by atoms with Gasteiger partial charge in [0.15, 0.2) is 0 Å². The van der Waals surface area contributed by atoms with Crippen LogP contribution in [0, 0.1) is 6.92 Å². The fourth-order valence-corrected chi connectivity index (χ4v) is 3.53. The molecule has 0 saturated carbocycles. The van der Waals surface area contributed by atoms with Crippen LogP contribution in [0.2, 0.25) is 5.15 Å². The highest BCUT2D eigenvalue weighted by Crippen LogP contribution is 2.40. The molecule has 1 aromatic rings. The van der Waals surface area contributed by atoms with Crippen LogP contribution in [-0.2, 0) is 16.8 Å². The first-order valence-electron chi connectivity index (χ1n) is 7.16. The van der Waals surface area contributed by atoms with Gasteiger partial charge in [-0.3, -0.25) is 4.79 Å². The van der Waals surface area contributed by atoms with Crippen molar-refractivity contribution in [2.45, 2.75) is 38.1 Å². The predicted molar refractivity (Wildman–Crippen MR) is 78.9 cm³/mol. The summed E-state index contributed by atoms with van der Waals surface area (Å²) >= 11 is 6.23. The number of pyridine rings is 1. The average Bonchev–Trinajstić information content (AvgIpc) is 2.54. The fourth-order valence-electron chi connectivity index (χ4n) is 3.39. The Morgan fingerprint density at radius 2 is 2.25 bits per heavy atom. The van der Waals surface area contributed by atoms with Crippen LogP contribution in [0.4, 0.5) is 0 Å². The minimum Gasteiger partial charge on any atom is -0.355 e. The quantitative estimate of drug-likeness (QED) is 0.745. The van der Waals surface area contributed by atoms with Crippen LogP contribution in [0.3, 0.4) is 0 Å². The molecule has 0 radical (unpaired) electrons. The number of aromatic nitrogens is 1. The standard InChI is InChI=1S/C15H20ClN3O/c1-10-8-11-9-19(2)7-5-15(12(11)18-13(10)16)4-3-6-17-14(15)20/h8H,3-7,9H2,1-2H3,(H,17,20)/t15-/m1/s1. The van der Waals surface area contributed by atoms with E-state index in [4.69, 9.17) is 11.6 Å². The Kier molecular flexibility index (Phi) is 3.46. The lowest BCUT2D eigenvalue weighted by atomic mass is 9.73. The number of rotatable bonds is 0. The number of halogens is 1. The zero-order valence-electron chi connectivity index (χ0n) is 12.0. The maximum atomic E-state index is 12.6. The number of nitrogens with one attached hydrogen (secondary N) is 1. The molecule has 1 spiro atoms. The molecule has 1 fully saturated rings. The Morgan fingerprint density at radius 1 is 1.45 bits per heavy atom. The van der Waals surface area contributed by atoms with Gasteiger partial charge in [-0.25, -0.2) is 4.98 Å². The predicted octanol–water partition coefficient (Wildman–Crippen LogP) is 2.03. The van der Waals surface area contributed by atoms with Crippen molar-refractivity contribution in [2.75, 3.05) is 20.1 Å². The number of hydrogen-bond acceptors (Lipinski definition) is 3. The number of hydrogen-bond donors (Lipinski definition) is 1. The Labute approximate surface area is 124 Å². The summed E-state index contributed by atoms with van der Waals surface area (Å²) in [6.45, 7) is 4.47. The summed E-state index contributed by atoms with van der Waals surface area (Å²) in [5, 5.41) is 3.54. The Balaban J connectivity index is 2.18. The van der Waals surface area contributed by atoms with Crippen LogP contribution in [0.15, 0.2) is 6.07 Å². The van der Waals surface area contributed by atoms with Crippen LogP contribution in [0.5, 0.6) is 0 Å². The molecule has 5 heteroatoms. The van der Waals surface area contributed by atoms with Crippen molar-refractivity contribution in [2.24, 2.45) is 0 Å². The van der Waals surface area contributed by atoms with Crippen LogP contribution in [-0.4, -0.2) is 35.9 Å². The first-order chi connectivity index (χ1) is 9.53. The molecule has 108 valence electrons. The first kappa shape index (κ1) is 13.8. The van der Waals surface area contributed by atoms with Crippen molar-refractivity contribution in [3.05, 3.63) is 28.0 Å². The molecule has 1 aromatic heterocycles. The van der Waals surface area contributed by atoms with Gasteiger partial charge in [0.05, 0.1) is 11.1 Å². The molecule has 0 aromatic carbocycles. The average molecular weight is 294 g/mol. The number of carbonyl (C=O) groups is 1. The van der Waals surface area contributed by atoms with E-state index in [-0.39, 0.29) is 5.91 Å². The summed E-state index contributed by atoms with van der Waals surface area (Å²) in [4.78, 5) is 19.4. The lowest BCUT2D eigenvalue weighted by molar-refractivity contribution is -0.129. The SMILES string of the molecule is Cc1cc2c(nc1Cl)[C@@]1(CCCNC1=O)CCN(C)C2. The lowest BCUT2D eigenvalue weighted by Crippen LogP contribution is -2.50. The van der Waals surface area contributed by atoms with Gasteiger partial charge in [0.2, 0.25) is 5.91 Å². The van der Waals surface area contributed by atoms with E-state index in [1.54, 1.807) is 0 Å². The number of aryl methyl sites for hydroxylation is 1. The monoisotopic (exact) mass is 293 g/mol. The number of carbonyl (C=O) groups excluding carboxylic acids is 1. The van der Waals surface area contributed by atoms with Gasteiger partial charge >= 0.3 is 0 Å². The van der Waals surface area contributed by atoms with Crippen molar-refractivity contribution in [3.63, 3.8) is 0 Å². The van der Waals surface area contributed by atoms with Crippen molar-refractivity contribution in [1.29, 1.82) is 0 Å². The molecule has 1 amide bonds. The third kappa shape index (κ3) is 2.11. The highest BCUT2D eigenvalue weighted by molar-refractivity contribution is 6.30. The lowest BCUT2D eigenvalue weighted by Gasteiger charge is -2.35. The molecule has 0 aliphatic carbocycles. The summed E-state index contributed by atoms with van der Waals surface area (Å²) in [6.07, 6.45) is 2.68. The molecule has 0 bridgehead atoms. The van der Waals surface area contributed by atoms with Crippen LogP contribution < -0.4 is 5.32 Å². The molecule has 1 atom stereocenters. The number of nitrogens with zero attached hydrogens (tertiary/aromatic N) is 2. The van der Waals surface area contributed by atoms with Gasteiger partial charge in [-0.1, -0.05) is 11.6 Å². The van der Waals surface area contributed by atoms with Crippen molar-refractivity contribution >= 4 is 17.5 Å². The smallest absolute Gasteiger partial charge is 0.232 e. The van der Waals surface area contributed by atoms with Gasteiger partial charge in [0.25, 0.3) is 0 Å². The Bertz CT molecular complexity index is 560. The van der Waals surface area contributed by atoms with E-state index >= 15 is 0 Å². The fraction of sp³-hybridized carbons (Fsp3) is 0.600. The Morgan fingerprint density at radius 3 is 3.00 bits per heavy atom. The molecule has 3 rings (SSSR count). The van der Waals surface area contributed by atoms with Crippen molar-refractivity contribution in [3.8, 4) is 0 Å². The third-order valence-corrected chi connectivity index (χ3v) is 4.93. The second-order valence-corrected chi connectivity index (χ2v) is 6.39. The van der Waals surface area contributed by atoms with Gasteiger partial charge < -0.3 is 10.2 Å². The highest BCUT2D eigenvalue weighted by atomic mass is 35.5. The maximum absolute atomic E-state index is 12.6. The van der Waals surface area contributed by atoms with Crippen LogP contribution in [0.1, 0.15) is 36.1 Å². The van der Waals surface area contributed by atoms with E-state index in [0.29, 0.717) is 5.15 Å². The van der Waals surface area contributed by atoms with Crippen LogP contribution >= 0.6 is 11.6 Å². The second-order valence-electron chi connectivity index (χ2n) is 6.03. The molecule has 2 aliphatic rings. The highest BCUT2D eigenvalue weighted by Gasteiger charge is 2.45. The van der Waals surface area contributed by atoms with E-state index < -0.39 is 5.41 Å². The topological polar surface area (TPSA) is 45.2 Å². The zero-order valence-corrected chi connectivity index (χ0v) is 12.8. The molecule has 1 N–H and O–H groups in total. The summed E-state index contributed by atoms with van der Waals surface area (Å²) in [5.74, 6) is 0.118. The van der Waals surface area contributed by atoms with Crippen molar-refractivity contribution in [1.82, 2.24) is 15.2 Å². The minimum atomic E-state index is -0.490. The first-order valence-corrected chi connectivity index (χ1v) is 7.54. The Hall–Kier alpha value is -1.13. The van der Waals surface area contributed by atoms with E-state index in [0.717, 1.165) is 55.7 Å². The minimum absolute atomic E-state index is 0.118. The molecule has 3 heterocycles. The molecule has 1 saturated heterocycles. The van der Waals surface area contributed by atoms with Gasteiger partial charge in [0, 0.05) is 13.1 Å². The van der Waals surface area contributed by atoms with E-state index in [9.17, 15) is 4.79 Å². The summed E-state index contributed by atoms with van der Waals surface area (Å²) in [6, 6.07) is 2.09. The van der Waals surface area contributed by atoms with Crippen LogP contribution in [0.25, 0.3) is 0 Å². The normalized spacial score (nSPS) is 27.1. The molecular formula is C15H20ClN3O. The van der Waals surface area contributed by atoms with Gasteiger partial charge in [-0.15, -0.1) is 0 Å². The maximum Gasteiger partial charge on any atom is 0.232 e. The molecular weight excluding hydrogens is 274 g/mol. The molecule has 4 nitrogen and oxygen atoms in total. The number of piperidine rings is 1. The van der Waals surface area contributed by atoms with E-state index in [2.05, 4.69) is 28.3 Å². The van der Waals surface area contributed by atoms with Gasteiger partial charge in [-0.05, 0) is 57.0 Å². The third-order valence-electron chi connectivity index (χ3n) is 4.54.